The number of allylic oxidation sites excluding steroid dienone is 2. The molecule has 0 spiro atoms. The first-order chi connectivity index (χ1) is 10.7. The van der Waals surface area contributed by atoms with E-state index in [1.54, 1.807) is 60.7 Å². The molecule has 0 fully saturated rings. The number of benzene rings is 2. The van der Waals surface area contributed by atoms with Gasteiger partial charge in [0, 0.05) is 32.7 Å². The molecule has 0 aromatic heterocycles. The van der Waals surface area contributed by atoms with Gasteiger partial charge in [-0.3, -0.25) is 9.59 Å². The van der Waals surface area contributed by atoms with Crippen molar-refractivity contribution >= 4 is 24.7 Å². The van der Waals surface area contributed by atoms with Crippen molar-refractivity contribution in [3.8, 4) is 11.5 Å². The summed E-state index contributed by atoms with van der Waals surface area (Å²) < 4.78 is 0. The van der Waals surface area contributed by atoms with Gasteiger partial charge in [0.1, 0.15) is 24.1 Å². The normalized spacial score (nSPS) is 9.74. The fourth-order valence-corrected chi connectivity index (χ4v) is 1.47. The van der Waals surface area contributed by atoms with Gasteiger partial charge in [0.05, 0.1) is 0 Å². The molecule has 0 aliphatic carbocycles. The number of hydrogen-bond donors (Lipinski definition) is 2. The summed E-state index contributed by atoms with van der Waals surface area (Å²) in [4.78, 5) is 19.8. The van der Waals surface area contributed by atoms with Crippen LogP contribution in [0.1, 0.15) is 11.1 Å². The molecular formula is C18H16O4Y. The molecule has 0 saturated heterocycles. The third kappa shape index (κ3) is 9.56. The number of aldehydes is 2. The Kier molecular flexibility index (Phi) is 11.4. The summed E-state index contributed by atoms with van der Waals surface area (Å²) in [5, 5.41) is 17.8. The van der Waals surface area contributed by atoms with Gasteiger partial charge in [-0.2, -0.15) is 0 Å². The average molecular weight is 385 g/mol. The molecule has 115 valence electrons. The molecular weight excluding hydrogens is 369 g/mol. The van der Waals surface area contributed by atoms with Crippen molar-refractivity contribution in [1.82, 2.24) is 0 Å². The molecule has 2 rings (SSSR count). The third-order valence-electron chi connectivity index (χ3n) is 2.52. The van der Waals surface area contributed by atoms with Crippen molar-refractivity contribution in [2.45, 2.75) is 0 Å². The number of carbonyl (C=O) groups excluding carboxylic acids is 2. The Morgan fingerprint density at radius 1 is 0.609 bits per heavy atom. The Balaban J connectivity index is 0.000000403. The van der Waals surface area contributed by atoms with Crippen LogP contribution in [0.25, 0.3) is 12.2 Å². The second-order valence-corrected chi connectivity index (χ2v) is 4.17. The van der Waals surface area contributed by atoms with Gasteiger partial charge in [0.25, 0.3) is 0 Å². The molecule has 2 N–H and O–H groups in total. The fourth-order valence-electron chi connectivity index (χ4n) is 1.47. The SMILES string of the molecule is O=C/C=C/c1ccc(O)cc1.O=C/C=C/c1ccc(O)cc1.[Y]. The van der Waals surface area contributed by atoms with Crippen molar-refractivity contribution in [2.75, 3.05) is 0 Å². The first-order valence-electron chi connectivity index (χ1n) is 6.47. The van der Waals surface area contributed by atoms with E-state index >= 15 is 0 Å². The molecule has 0 unspecified atom stereocenters. The van der Waals surface area contributed by atoms with Crippen molar-refractivity contribution < 1.29 is 52.5 Å². The monoisotopic (exact) mass is 385 g/mol. The van der Waals surface area contributed by atoms with Crippen LogP contribution in [0.15, 0.2) is 60.7 Å². The first kappa shape index (κ1) is 21.0. The third-order valence-corrected chi connectivity index (χ3v) is 2.52. The summed E-state index contributed by atoms with van der Waals surface area (Å²) in [6.07, 6.45) is 7.59. The number of phenolic OH excluding ortho intramolecular Hbond substituents is 2. The summed E-state index contributed by atoms with van der Waals surface area (Å²) in [6.45, 7) is 0. The Bertz CT molecular complexity index is 584. The van der Waals surface area contributed by atoms with E-state index in [2.05, 4.69) is 0 Å². The van der Waals surface area contributed by atoms with Gasteiger partial charge in [-0.25, -0.2) is 0 Å². The van der Waals surface area contributed by atoms with E-state index < -0.39 is 0 Å². The predicted molar refractivity (Wildman–Crippen MR) is 86.4 cm³/mol. The van der Waals surface area contributed by atoms with Gasteiger partial charge < -0.3 is 10.2 Å². The minimum Gasteiger partial charge on any atom is -0.508 e. The van der Waals surface area contributed by atoms with Gasteiger partial charge in [-0.15, -0.1) is 0 Å². The smallest absolute Gasteiger partial charge is 0.142 e. The predicted octanol–water partition coefficient (Wildman–Crippen LogP) is 3.21. The van der Waals surface area contributed by atoms with Crippen LogP contribution >= 0.6 is 0 Å². The molecule has 0 amide bonds. The van der Waals surface area contributed by atoms with E-state index in [0.717, 1.165) is 11.1 Å². The molecule has 4 nitrogen and oxygen atoms in total. The molecule has 0 heterocycles. The van der Waals surface area contributed by atoms with Crippen molar-refractivity contribution in [2.24, 2.45) is 0 Å². The van der Waals surface area contributed by atoms with Crippen LogP contribution in [0.4, 0.5) is 0 Å². The van der Waals surface area contributed by atoms with Gasteiger partial charge in [0.2, 0.25) is 0 Å². The van der Waals surface area contributed by atoms with Crippen LogP contribution in [0.5, 0.6) is 11.5 Å². The van der Waals surface area contributed by atoms with Gasteiger partial charge in [0.15, 0.2) is 0 Å². The molecule has 2 aromatic rings. The van der Waals surface area contributed by atoms with Crippen LogP contribution in [-0.2, 0) is 42.3 Å². The Hall–Kier alpha value is -2.04. The molecule has 0 saturated carbocycles. The van der Waals surface area contributed by atoms with Crippen molar-refractivity contribution in [3.63, 3.8) is 0 Å². The maximum absolute atomic E-state index is 9.91. The number of carbonyl (C=O) groups is 2. The van der Waals surface area contributed by atoms with E-state index in [0.29, 0.717) is 12.6 Å². The summed E-state index contributed by atoms with van der Waals surface area (Å²) in [5.41, 5.74) is 1.80. The van der Waals surface area contributed by atoms with Crippen LogP contribution in [0.3, 0.4) is 0 Å². The molecule has 5 heteroatoms. The summed E-state index contributed by atoms with van der Waals surface area (Å²) >= 11 is 0. The molecule has 0 aliphatic heterocycles. The number of aromatic hydroxyl groups is 2. The van der Waals surface area contributed by atoms with E-state index in [4.69, 9.17) is 10.2 Å². The van der Waals surface area contributed by atoms with Gasteiger partial charge in [-0.05, 0) is 47.5 Å². The summed E-state index contributed by atoms with van der Waals surface area (Å²) in [6, 6.07) is 13.2. The van der Waals surface area contributed by atoms with Crippen LogP contribution in [-0.4, -0.2) is 22.8 Å². The Morgan fingerprint density at radius 2 is 0.913 bits per heavy atom. The average Bonchev–Trinajstić information content (AvgIpc) is 2.54. The van der Waals surface area contributed by atoms with E-state index in [1.165, 1.54) is 12.2 Å². The molecule has 0 aliphatic rings. The zero-order chi connectivity index (χ0) is 16.2. The summed E-state index contributed by atoms with van der Waals surface area (Å²) in [7, 11) is 0. The molecule has 2 aromatic carbocycles. The summed E-state index contributed by atoms with van der Waals surface area (Å²) in [5.74, 6) is 0.460. The fraction of sp³-hybridized carbons (Fsp3) is 0. The second kappa shape index (κ2) is 12.5. The van der Waals surface area contributed by atoms with E-state index in [1.807, 2.05) is 0 Å². The van der Waals surface area contributed by atoms with Gasteiger partial charge >= 0.3 is 0 Å². The topological polar surface area (TPSA) is 74.6 Å². The second-order valence-electron chi connectivity index (χ2n) is 4.17. The van der Waals surface area contributed by atoms with Crippen molar-refractivity contribution in [1.29, 1.82) is 0 Å². The van der Waals surface area contributed by atoms with Gasteiger partial charge in [-0.1, -0.05) is 36.4 Å². The van der Waals surface area contributed by atoms with Crippen LogP contribution < -0.4 is 0 Å². The minimum atomic E-state index is 0. The Morgan fingerprint density at radius 3 is 1.17 bits per heavy atom. The molecule has 0 bridgehead atoms. The molecule has 1 radical (unpaired) electrons. The first-order valence-corrected chi connectivity index (χ1v) is 6.47. The van der Waals surface area contributed by atoms with Crippen LogP contribution in [0, 0.1) is 0 Å². The van der Waals surface area contributed by atoms with Crippen molar-refractivity contribution in [3.05, 3.63) is 71.8 Å². The standard InChI is InChI=1S/2C9H8O2.Y/c2*10-7-1-2-8-3-5-9(11)6-4-8;/h2*1-7,11H;/b2*2-1+;. The van der Waals surface area contributed by atoms with Crippen LogP contribution in [0.2, 0.25) is 0 Å². The largest absolute Gasteiger partial charge is 0.508 e. The maximum Gasteiger partial charge on any atom is 0.142 e. The Labute approximate surface area is 160 Å². The zero-order valence-electron chi connectivity index (χ0n) is 12.4. The number of hydrogen-bond acceptors (Lipinski definition) is 4. The zero-order valence-corrected chi connectivity index (χ0v) is 15.2. The van der Waals surface area contributed by atoms with E-state index in [9.17, 15) is 9.59 Å². The quantitative estimate of drug-likeness (QED) is 0.626. The number of phenols is 2. The maximum atomic E-state index is 9.91. The molecule has 23 heavy (non-hydrogen) atoms. The number of rotatable bonds is 4. The van der Waals surface area contributed by atoms with E-state index in [-0.39, 0.29) is 44.2 Å². The molecule has 0 atom stereocenters. The minimum absolute atomic E-state index is 0.